The lowest BCUT2D eigenvalue weighted by Crippen LogP contribution is -2.26. The summed E-state index contributed by atoms with van der Waals surface area (Å²) in [4.78, 5) is 0. The zero-order valence-corrected chi connectivity index (χ0v) is 12.0. The van der Waals surface area contributed by atoms with Gasteiger partial charge in [0.05, 0.1) is 23.7 Å². The fraction of sp³-hybridized carbons (Fsp3) is 0.538. The summed E-state index contributed by atoms with van der Waals surface area (Å²) in [6.45, 7) is 8.07. The molecule has 0 saturated heterocycles. The van der Waals surface area contributed by atoms with Gasteiger partial charge in [0.15, 0.2) is 0 Å². The van der Waals surface area contributed by atoms with Crippen LogP contribution in [0.25, 0.3) is 11.0 Å². The Labute approximate surface area is 116 Å². The normalized spacial score (nSPS) is 12.3. The lowest BCUT2D eigenvalue weighted by Gasteiger charge is -2.24. The Bertz CT molecular complexity index is 583. The van der Waals surface area contributed by atoms with Crippen molar-refractivity contribution in [2.45, 2.75) is 27.3 Å². The summed E-state index contributed by atoms with van der Waals surface area (Å²) in [5.74, 6) is -0.477. The van der Waals surface area contributed by atoms with Gasteiger partial charge in [-0.3, -0.25) is 0 Å². The SMILES string of the molecule is CCOCC(C)(C)Cn1nnc2cc(F)c(Cl)cc21. The molecule has 0 fully saturated rings. The maximum atomic E-state index is 13.3. The molecule has 0 saturated carbocycles. The third-order valence-electron chi connectivity index (χ3n) is 2.83. The highest BCUT2D eigenvalue weighted by atomic mass is 35.5. The molecule has 0 spiro atoms. The van der Waals surface area contributed by atoms with E-state index in [1.807, 2.05) is 6.92 Å². The Morgan fingerprint density at radius 2 is 2.16 bits per heavy atom. The van der Waals surface area contributed by atoms with Gasteiger partial charge in [0.1, 0.15) is 11.3 Å². The van der Waals surface area contributed by atoms with Gasteiger partial charge in [0, 0.05) is 18.1 Å². The van der Waals surface area contributed by atoms with Gasteiger partial charge in [0.25, 0.3) is 0 Å². The quantitative estimate of drug-likeness (QED) is 0.846. The number of hydrogen-bond donors (Lipinski definition) is 0. The first-order valence-corrected chi connectivity index (χ1v) is 6.57. The molecular formula is C13H17ClFN3O. The van der Waals surface area contributed by atoms with Gasteiger partial charge >= 0.3 is 0 Å². The Kier molecular flexibility index (Phi) is 4.06. The molecule has 1 heterocycles. The highest BCUT2D eigenvalue weighted by Gasteiger charge is 2.21. The van der Waals surface area contributed by atoms with E-state index in [4.69, 9.17) is 16.3 Å². The molecule has 4 nitrogen and oxygen atoms in total. The summed E-state index contributed by atoms with van der Waals surface area (Å²) in [5.41, 5.74) is 1.16. The van der Waals surface area contributed by atoms with Crippen molar-refractivity contribution in [1.82, 2.24) is 15.0 Å². The number of rotatable bonds is 5. The van der Waals surface area contributed by atoms with Crippen LogP contribution in [-0.4, -0.2) is 28.2 Å². The molecule has 104 valence electrons. The largest absolute Gasteiger partial charge is 0.381 e. The molecule has 0 unspecified atom stereocenters. The van der Waals surface area contributed by atoms with Crippen LogP contribution in [0.2, 0.25) is 5.02 Å². The van der Waals surface area contributed by atoms with E-state index in [-0.39, 0.29) is 10.4 Å². The number of ether oxygens (including phenoxy) is 1. The number of halogens is 2. The number of fused-ring (bicyclic) bond motifs is 1. The summed E-state index contributed by atoms with van der Waals surface area (Å²) in [6, 6.07) is 2.86. The predicted octanol–water partition coefficient (Wildman–Crippen LogP) is 3.29. The third kappa shape index (κ3) is 3.22. The molecule has 1 aromatic carbocycles. The molecule has 0 aliphatic heterocycles. The topological polar surface area (TPSA) is 39.9 Å². The molecule has 2 rings (SSSR count). The van der Waals surface area contributed by atoms with E-state index >= 15 is 0 Å². The third-order valence-corrected chi connectivity index (χ3v) is 3.12. The summed E-state index contributed by atoms with van der Waals surface area (Å²) >= 11 is 5.80. The minimum absolute atomic E-state index is 0.0821. The highest BCUT2D eigenvalue weighted by molar-refractivity contribution is 6.31. The Morgan fingerprint density at radius 3 is 2.84 bits per heavy atom. The van der Waals surface area contributed by atoms with Crippen molar-refractivity contribution in [1.29, 1.82) is 0 Å². The fourth-order valence-corrected chi connectivity index (χ4v) is 2.07. The first kappa shape index (κ1) is 14.2. The van der Waals surface area contributed by atoms with Crippen molar-refractivity contribution >= 4 is 22.6 Å². The van der Waals surface area contributed by atoms with E-state index in [9.17, 15) is 4.39 Å². The summed E-state index contributed by atoms with van der Waals surface area (Å²) < 4.78 is 20.5. The molecule has 0 bridgehead atoms. The van der Waals surface area contributed by atoms with Crippen LogP contribution in [0.5, 0.6) is 0 Å². The van der Waals surface area contributed by atoms with Gasteiger partial charge in [0.2, 0.25) is 0 Å². The molecular weight excluding hydrogens is 269 g/mol. The molecule has 6 heteroatoms. The standard InChI is InChI=1S/C13H17ClFN3O/c1-4-19-8-13(2,3)7-18-12-5-9(14)10(15)6-11(12)16-17-18/h5-6H,4,7-8H2,1-3H3. The van der Waals surface area contributed by atoms with Gasteiger partial charge in [-0.25, -0.2) is 9.07 Å². The molecule has 0 N–H and O–H groups in total. The monoisotopic (exact) mass is 285 g/mol. The van der Waals surface area contributed by atoms with Crippen LogP contribution < -0.4 is 0 Å². The van der Waals surface area contributed by atoms with E-state index < -0.39 is 5.82 Å². The molecule has 19 heavy (non-hydrogen) atoms. The average molecular weight is 286 g/mol. The second kappa shape index (κ2) is 5.43. The first-order valence-electron chi connectivity index (χ1n) is 6.19. The Hall–Kier alpha value is -1.20. The van der Waals surface area contributed by atoms with Crippen molar-refractivity contribution in [3.8, 4) is 0 Å². The second-order valence-electron chi connectivity index (χ2n) is 5.30. The zero-order valence-electron chi connectivity index (χ0n) is 11.3. The first-order chi connectivity index (χ1) is 8.93. The molecule has 0 aliphatic rings. The molecule has 0 amide bonds. The lowest BCUT2D eigenvalue weighted by molar-refractivity contribution is 0.0594. The molecule has 0 radical (unpaired) electrons. The summed E-state index contributed by atoms with van der Waals surface area (Å²) in [7, 11) is 0. The van der Waals surface area contributed by atoms with Crippen LogP contribution in [0.1, 0.15) is 20.8 Å². The molecule has 1 aromatic heterocycles. The predicted molar refractivity (Wildman–Crippen MR) is 72.8 cm³/mol. The van der Waals surface area contributed by atoms with Gasteiger partial charge in [-0.1, -0.05) is 30.7 Å². The summed E-state index contributed by atoms with van der Waals surface area (Å²) in [6.07, 6.45) is 0. The van der Waals surface area contributed by atoms with E-state index in [0.717, 1.165) is 5.52 Å². The van der Waals surface area contributed by atoms with E-state index in [1.54, 1.807) is 10.7 Å². The minimum atomic E-state index is -0.477. The van der Waals surface area contributed by atoms with Crippen LogP contribution in [0.15, 0.2) is 12.1 Å². The van der Waals surface area contributed by atoms with Crippen molar-refractivity contribution in [3.05, 3.63) is 23.0 Å². The van der Waals surface area contributed by atoms with Gasteiger partial charge in [-0.2, -0.15) is 0 Å². The van der Waals surface area contributed by atoms with Gasteiger partial charge in [-0.05, 0) is 13.0 Å². The van der Waals surface area contributed by atoms with E-state index in [2.05, 4.69) is 24.2 Å². The Morgan fingerprint density at radius 1 is 1.42 bits per heavy atom. The van der Waals surface area contributed by atoms with Crippen molar-refractivity contribution < 1.29 is 9.13 Å². The smallest absolute Gasteiger partial charge is 0.144 e. The van der Waals surface area contributed by atoms with E-state index in [1.165, 1.54) is 6.07 Å². The minimum Gasteiger partial charge on any atom is -0.381 e. The number of aromatic nitrogens is 3. The van der Waals surface area contributed by atoms with Crippen LogP contribution in [0.4, 0.5) is 4.39 Å². The zero-order chi connectivity index (χ0) is 14.0. The number of benzene rings is 1. The number of hydrogen-bond acceptors (Lipinski definition) is 3. The van der Waals surface area contributed by atoms with Crippen molar-refractivity contribution in [2.75, 3.05) is 13.2 Å². The van der Waals surface area contributed by atoms with Crippen molar-refractivity contribution in [2.24, 2.45) is 5.41 Å². The average Bonchev–Trinajstić information content (AvgIpc) is 2.70. The second-order valence-corrected chi connectivity index (χ2v) is 5.71. The molecule has 2 aromatic rings. The fourth-order valence-electron chi connectivity index (χ4n) is 1.91. The molecule has 0 aliphatic carbocycles. The van der Waals surface area contributed by atoms with Crippen LogP contribution in [0, 0.1) is 11.2 Å². The van der Waals surface area contributed by atoms with Crippen molar-refractivity contribution in [3.63, 3.8) is 0 Å². The van der Waals surface area contributed by atoms with Crippen LogP contribution in [0.3, 0.4) is 0 Å². The summed E-state index contributed by atoms with van der Waals surface area (Å²) in [5, 5.41) is 8.10. The maximum absolute atomic E-state index is 13.3. The van der Waals surface area contributed by atoms with E-state index in [0.29, 0.717) is 25.3 Å². The molecule has 0 atom stereocenters. The van der Waals surface area contributed by atoms with Gasteiger partial charge < -0.3 is 4.74 Å². The van der Waals surface area contributed by atoms with Crippen LogP contribution >= 0.6 is 11.6 Å². The lowest BCUT2D eigenvalue weighted by atomic mass is 9.95. The Balaban J connectivity index is 2.28. The van der Waals surface area contributed by atoms with Gasteiger partial charge in [-0.15, -0.1) is 5.10 Å². The van der Waals surface area contributed by atoms with Crippen LogP contribution in [-0.2, 0) is 11.3 Å². The maximum Gasteiger partial charge on any atom is 0.144 e. The highest BCUT2D eigenvalue weighted by Crippen LogP contribution is 2.24. The number of nitrogens with zero attached hydrogens (tertiary/aromatic N) is 3.